The third-order valence-corrected chi connectivity index (χ3v) is 5.69. The van der Waals surface area contributed by atoms with Gasteiger partial charge in [0.25, 0.3) is 0 Å². The van der Waals surface area contributed by atoms with Crippen LogP contribution in [0.3, 0.4) is 0 Å². The van der Waals surface area contributed by atoms with E-state index in [4.69, 9.17) is 4.74 Å². The van der Waals surface area contributed by atoms with Gasteiger partial charge in [0.05, 0.1) is 0 Å². The van der Waals surface area contributed by atoms with Crippen LogP contribution in [-0.2, 0) is 5.60 Å². The van der Waals surface area contributed by atoms with Crippen LogP contribution in [-0.4, -0.2) is 0 Å². The van der Waals surface area contributed by atoms with Crippen molar-refractivity contribution >= 4 is 32.8 Å². The molecule has 4 aromatic rings. The van der Waals surface area contributed by atoms with Crippen molar-refractivity contribution in [3.8, 4) is 5.75 Å². The number of hydrogen-bond donors (Lipinski definition) is 0. The molecule has 2 heteroatoms. The van der Waals surface area contributed by atoms with Gasteiger partial charge in [0, 0.05) is 21.2 Å². The molecule has 1 nitrogen and oxygen atoms in total. The summed E-state index contributed by atoms with van der Waals surface area (Å²) in [5.74, 6) is 0.906. The second-order valence-corrected chi connectivity index (χ2v) is 7.66. The minimum absolute atomic E-state index is 0.641. The van der Waals surface area contributed by atoms with Gasteiger partial charge in [-0.1, -0.05) is 88.7 Å². The van der Waals surface area contributed by atoms with Crippen LogP contribution in [0.2, 0.25) is 0 Å². The van der Waals surface area contributed by atoms with Gasteiger partial charge in [0.1, 0.15) is 5.75 Å². The first-order valence-corrected chi connectivity index (χ1v) is 9.77. The Morgan fingerprint density at radius 1 is 0.667 bits per heavy atom. The van der Waals surface area contributed by atoms with Crippen molar-refractivity contribution in [3.63, 3.8) is 0 Å². The molecule has 0 fully saturated rings. The number of ether oxygens (including phenoxy) is 1. The van der Waals surface area contributed by atoms with E-state index < -0.39 is 5.60 Å². The SMILES string of the molecule is Brc1ccc(C2(c3ccccc3)C=Cc3c(ccc4ccccc34)O2)cc1. The van der Waals surface area contributed by atoms with Gasteiger partial charge >= 0.3 is 0 Å². The third kappa shape index (κ3) is 2.68. The van der Waals surface area contributed by atoms with Crippen LogP contribution in [0.25, 0.3) is 16.8 Å². The molecule has 1 heterocycles. The highest BCUT2D eigenvalue weighted by Crippen LogP contribution is 2.44. The van der Waals surface area contributed by atoms with Crippen LogP contribution in [0.15, 0.2) is 102 Å². The number of rotatable bonds is 2. The van der Waals surface area contributed by atoms with E-state index in [-0.39, 0.29) is 0 Å². The van der Waals surface area contributed by atoms with Gasteiger partial charge < -0.3 is 4.74 Å². The summed E-state index contributed by atoms with van der Waals surface area (Å²) in [7, 11) is 0. The lowest BCUT2D eigenvalue weighted by atomic mass is 9.83. The molecular weight excluding hydrogens is 396 g/mol. The van der Waals surface area contributed by atoms with Gasteiger partial charge in [0.2, 0.25) is 0 Å². The maximum Gasteiger partial charge on any atom is 0.178 e. The lowest BCUT2D eigenvalue weighted by molar-refractivity contribution is 0.161. The van der Waals surface area contributed by atoms with Crippen molar-refractivity contribution in [3.05, 3.63) is 118 Å². The average molecular weight is 413 g/mol. The highest BCUT2D eigenvalue weighted by Gasteiger charge is 2.37. The first-order chi connectivity index (χ1) is 13.3. The Morgan fingerprint density at radius 2 is 1.37 bits per heavy atom. The van der Waals surface area contributed by atoms with E-state index in [0.29, 0.717) is 0 Å². The number of hydrogen-bond acceptors (Lipinski definition) is 1. The predicted octanol–water partition coefficient (Wildman–Crippen LogP) is 6.95. The molecule has 0 aliphatic carbocycles. The van der Waals surface area contributed by atoms with Crippen LogP contribution >= 0.6 is 15.9 Å². The Labute approximate surface area is 167 Å². The molecule has 0 amide bonds. The van der Waals surface area contributed by atoms with Crippen LogP contribution in [0, 0.1) is 0 Å². The van der Waals surface area contributed by atoms with E-state index in [2.05, 4.69) is 113 Å². The zero-order valence-electron chi connectivity index (χ0n) is 14.6. The molecule has 0 N–H and O–H groups in total. The van der Waals surface area contributed by atoms with Crippen molar-refractivity contribution in [2.45, 2.75) is 5.60 Å². The Kier molecular flexibility index (Phi) is 3.87. The Bertz CT molecular complexity index is 1150. The summed E-state index contributed by atoms with van der Waals surface area (Å²) in [6, 6.07) is 31.4. The normalized spacial score (nSPS) is 18.1. The largest absolute Gasteiger partial charge is 0.473 e. The average Bonchev–Trinajstić information content (AvgIpc) is 2.74. The molecule has 1 aliphatic rings. The van der Waals surface area contributed by atoms with Crippen LogP contribution in [0.1, 0.15) is 16.7 Å². The van der Waals surface area contributed by atoms with Crippen molar-refractivity contribution in [1.29, 1.82) is 0 Å². The minimum Gasteiger partial charge on any atom is -0.473 e. The van der Waals surface area contributed by atoms with Crippen LogP contribution < -0.4 is 4.74 Å². The van der Waals surface area contributed by atoms with Crippen LogP contribution in [0.5, 0.6) is 5.75 Å². The topological polar surface area (TPSA) is 9.23 Å². The van der Waals surface area contributed by atoms with Crippen LogP contribution in [0.4, 0.5) is 0 Å². The van der Waals surface area contributed by atoms with E-state index in [1.54, 1.807) is 0 Å². The fourth-order valence-corrected chi connectivity index (χ4v) is 4.07. The second-order valence-electron chi connectivity index (χ2n) is 6.74. The van der Waals surface area contributed by atoms with Crippen molar-refractivity contribution in [1.82, 2.24) is 0 Å². The predicted molar refractivity (Wildman–Crippen MR) is 115 cm³/mol. The summed E-state index contributed by atoms with van der Waals surface area (Å²) >= 11 is 3.54. The Hall–Kier alpha value is -2.84. The molecule has 1 unspecified atom stereocenters. The van der Waals surface area contributed by atoms with Gasteiger partial charge in [-0.3, -0.25) is 0 Å². The summed E-state index contributed by atoms with van der Waals surface area (Å²) in [6.45, 7) is 0. The van der Waals surface area contributed by atoms with Gasteiger partial charge in [-0.2, -0.15) is 0 Å². The Morgan fingerprint density at radius 3 is 2.19 bits per heavy atom. The first kappa shape index (κ1) is 16.3. The third-order valence-electron chi connectivity index (χ3n) is 5.16. The highest BCUT2D eigenvalue weighted by atomic mass is 79.9. The maximum absolute atomic E-state index is 6.74. The van der Waals surface area contributed by atoms with Crippen molar-refractivity contribution in [2.75, 3.05) is 0 Å². The summed E-state index contributed by atoms with van der Waals surface area (Å²) in [5.41, 5.74) is 2.71. The lowest BCUT2D eigenvalue weighted by Crippen LogP contribution is -2.34. The van der Waals surface area contributed by atoms with E-state index in [9.17, 15) is 0 Å². The zero-order chi connectivity index (χ0) is 18.3. The number of halogens is 1. The van der Waals surface area contributed by atoms with Crippen molar-refractivity contribution < 1.29 is 4.74 Å². The minimum atomic E-state index is -0.641. The molecule has 130 valence electrons. The summed E-state index contributed by atoms with van der Waals surface area (Å²) in [6.07, 6.45) is 4.39. The molecule has 5 rings (SSSR count). The van der Waals surface area contributed by atoms with Crippen molar-refractivity contribution in [2.24, 2.45) is 0 Å². The molecule has 0 spiro atoms. The lowest BCUT2D eigenvalue weighted by Gasteiger charge is -2.36. The van der Waals surface area contributed by atoms with Gasteiger partial charge in [0.15, 0.2) is 5.60 Å². The molecule has 1 atom stereocenters. The Balaban J connectivity index is 1.74. The quantitative estimate of drug-likeness (QED) is 0.346. The monoisotopic (exact) mass is 412 g/mol. The molecule has 0 saturated heterocycles. The molecule has 1 aliphatic heterocycles. The maximum atomic E-state index is 6.74. The summed E-state index contributed by atoms with van der Waals surface area (Å²) in [5, 5.41) is 2.43. The van der Waals surface area contributed by atoms with Gasteiger partial charge in [-0.25, -0.2) is 0 Å². The zero-order valence-corrected chi connectivity index (χ0v) is 16.2. The molecule has 0 saturated carbocycles. The molecule has 4 aromatic carbocycles. The summed E-state index contributed by atoms with van der Waals surface area (Å²) in [4.78, 5) is 0. The molecular formula is C25H17BrO. The molecule has 27 heavy (non-hydrogen) atoms. The van der Waals surface area contributed by atoms with E-state index in [1.807, 2.05) is 6.07 Å². The molecule has 0 aromatic heterocycles. The standard InChI is InChI=1S/C25H17BrO/c26-21-13-11-20(12-14-21)25(19-7-2-1-3-8-19)17-16-23-22-9-5-4-6-18(22)10-15-24(23)27-25/h1-17H. The number of fused-ring (bicyclic) bond motifs is 3. The first-order valence-electron chi connectivity index (χ1n) is 8.98. The summed E-state index contributed by atoms with van der Waals surface area (Å²) < 4.78 is 7.79. The second kappa shape index (κ2) is 6.40. The smallest absolute Gasteiger partial charge is 0.178 e. The van der Waals surface area contributed by atoms with E-state index in [1.165, 1.54) is 10.8 Å². The molecule has 0 bridgehead atoms. The van der Waals surface area contributed by atoms with Gasteiger partial charge in [-0.15, -0.1) is 0 Å². The fraction of sp³-hybridized carbons (Fsp3) is 0.0400. The van der Waals surface area contributed by atoms with E-state index >= 15 is 0 Å². The molecule has 0 radical (unpaired) electrons. The highest BCUT2D eigenvalue weighted by molar-refractivity contribution is 9.10. The fourth-order valence-electron chi connectivity index (χ4n) is 3.80. The number of benzene rings is 4. The van der Waals surface area contributed by atoms with Gasteiger partial charge in [-0.05, 0) is 41.1 Å². The van der Waals surface area contributed by atoms with E-state index in [0.717, 1.165) is 26.9 Å².